The van der Waals surface area contributed by atoms with Gasteiger partial charge in [-0.15, -0.1) is 0 Å². The first-order valence-electron chi connectivity index (χ1n) is 7.21. The number of thioether (sulfide) groups is 1. The molecule has 5 heteroatoms. The first kappa shape index (κ1) is 18.1. The molecule has 0 amide bonds. The van der Waals surface area contributed by atoms with Gasteiger partial charge < -0.3 is 15.2 Å². The zero-order valence-corrected chi connectivity index (χ0v) is 14.6. The third-order valence-corrected chi connectivity index (χ3v) is 4.59. The van der Waals surface area contributed by atoms with Crippen LogP contribution in [0.15, 0.2) is 18.2 Å². The van der Waals surface area contributed by atoms with Crippen molar-refractivity contribution in [2.75, 3.05) is 39.8 Å². The van der Waals surface area contributed by atoms with Crippen LogP contribution in [-0.4, -0.2) is 50.8 Å². The van der Waals surface area contributed by atoms with E-state index in [1.807, 2.05) is 30.0 Å². The largest absolute Gasteiger partial charge is 0.497 e. The SMILES string of the molecule is COc1ccc(C(CN)N(C)C(C)CCSC)c(OC)c1. The normalized spacial score (nSPS) is 14.0. The molecule has 1 aromatic carbocycles. The predicted octanol–water partition coefficient (Wildman–Crippen LogP) is 2.78. The van der Waals surface area contributed by atoms with Crippen molar-refractivity contribution < 1.29 is 9.47 Å². The lowest BCUT2D eigenvalue weighted by Gasteiger charge is -2.33. The Hall–Kier alpha value is -0.910. The molecular weight excluding hydrogens is 284 g/mol. The molecule has 0 aliphatic carbocycles. The van der Waals surface area contributed by atoms with E-state index < -0.39 is 0 Å². The summed E-state index contributed by atoms with van der Waals surface area (Å²) in [5.74, 6) is 2.78. The van der Waals surface area contributed by atoms with Gasteiger partial charge in [-0.25, -0.2) is 0 Å². The van der Waals surface area contributed by atoms with Crippen molar-refractivity contribution in [1.29, 1.82) is 0 Å². The number of likely N-dealkylation sites (N-methyl/N-ethyl adjacent to an activating group) is 1. The van der Waals surface area contributed by atoms with Gasteiger partial charge in [0.25, 0.3) is 0 Å². The lowest BCUT2D eigenvalue weighted by Crippen LogP contribution is -2.37. The third kappa shape index (κ3) is 4.80. The topological polar surface area (TPSA) is 47.7 Å². The number of hydrogen-bond acceptors (Lipinski definition) is 5. The van der Waals surface area contributed by atoms with Gasteiger partial charge in [0.2, 0.25) is 0 Å². The second-order valence-electron chi connectivity index (χ2n) is 5.16. The number of ether oxygens (including phenoxy) is 2. The van der Waals surface area contributed by atoms with Crippen LogP contribution in [-0.2, 0) is 0 Å². The van der Waals surface area contributed by atoms with Crippen molar-refractivity contribution in [3.63, 3.8) is 0 Å². The Labute approximate surface area is 133 Å². The fraction of sp³-hybridized carbons (Fsp3) is 0.625. The summed E-state index contributed by atoms with van der Waals surface area (Å²) in [4.78, 5) is 2.33. The Balaban J connectivity index is 2.98. The molecule has 2 atom stereocenters. The summed E-state index contributed by atoms with van der Waals surface area (Å²) in [5.41, 5.74) is 7.14. The molecule has 0 spiro atoms. The van der Waals surface area contributed by atoms with Gasteiger partial charge in [0.15, 0.2) is 0 Å². The lowest BCUT2D eigenvalue weighted by molar-refractivity contribution is 0.182. The number of nitrogens with zero attached hydrogens (tertiary/aromatic N) is 1. The van der Waals surface area contributed by atoms with Gasteiger partial charge in [-0.1, -0.05) is 6.07 Å². The summed E-state index contributed by atoms with van der Waals surface area (Å²) in [6.07, 6.45) is 3.28. The molecule has 4 nitrogen and oxygen atoms in total. The van der Waals surface area contributed by atoms with Gasteiger partial charge in [-0.2, -0.15) is 11.8 Å². The van der Waals surface area contributed by atoms with Gasteiger partial charge in [0.05, 0.1) is 20.3 Å². The van der Waals surface area contributed by atoms with E-state index in [-0.39, 0.29) is 6.04 Å². The maximum Gasteiger partial charge on any atom is 0.127 e. The molecule has 0 saturated carbocycles. The highest BCUT2D eigenvalue weighted by molar-refractivity contribution is 7.98. The third-order valence-electron chi connectivity index (χ3n) is 3.95. The minimum atomic E-state index is 0.141. The van der Waals surface area contributed by atoms with Crippen LogP contribution in [0, 0.1) is 0 Å². The minimum absolute atomic E-state index is 0.141. The molecular formula is C16H28N2O2S. The number of rotatable bonds is 9. The Morgan fingerprint density at radius 1 is 1.29 bits per heavy atom. The molecule has 0 aliphatic heterocycles. The molecule has 0 fully saturated rings. The van der Waals surface area contributed by atoms with Crippen molar-refractivity contribution in [3.05, 3.63) is 23.8 Å². The highest BCUT2D eigenvalue weighted by atomic mass is 32.2. The summed E-state index contributed by atoms with van der Waals surface area (Å²) >= 11 is 1.88. The van der Waals surface area contributed by atoms with Crippen LogP contribution < -0.4 is 15.2 Å². The van der Waals surface area contributed by atoms with Crippen LogP contribution in [0.1, 0.15) is 24.9 Å². The number of methoxy groups -OCH3 is 2. The molecule has 0 aromatic heterocycles. The molecule has 0 heterocycles. The lowest BCUT2D eigenvalue weighted by atomic mass is 10.0. The Morgan fingerprint density at radius 2 is 2.00 bits per heavy atom. The van der Waals surface area contributed by atoms with Crippen LogP contribution in [0.5, 0.6) is 11.5 Å². The van der Waals surface area contributed by atoms with Crippen LogP contribution in [0.2, 0.25) is 0 Å². The average molecular weight is 312 g/mol. The van der Waals surface area contributed by atoms with E-state index in [1.165, 1.54) is 0 Å². The van der Waals surface area contributed by atoms with Gasteiger partial charge >= 0.3 is 0 Å². The molecule has 120 valence electrons. The summed E-state index contributed by atoms with van der Waals surface area (Å²) in [6.45, 7) is 2.80. The van der Waals surface area contributed by atoms with Crippen molar-refractivity contribution in [3.8, 4) is 11.5 Å². The Bertz CT molecular complexity index is 429. The first-order chi connectivity index (χ1) is 10.1. The van der Waals surface area contributed by atoms with Gasteiger partial charge in [-0.05, 0) is 38.5 Å². The first-order valence-corrected chi connectivity index (χ1v) is 8.61. The summed E-state index contributed by atoms with van der Waals surface area (Å²) in [5, 5.41) is 0. The second-order valence-corrected chi connectivity index (χ2v) is 6.14. The average Bonchev–Trinajstić information content (AvgIpc) is 2.53. The smallest absolute Gasteiger partial charge is 0.127 e. The standard InChI is InChI=1S/C16H28N2O2S/c1-12(8-9-21-5)18(2)15(11-17)14-7-6-13(19-3)10-16(14)20-4/h6-7,10,12,15H,8-9,11,17H2,1-5H3. The van der Waals surface area contributed by atoms with Gasteiger partial charge in [0, 0.05) is 24.2 Å². The van der Waals surface area contributed by atoms with Crippen molar-refractivity contribution in [2.24, 2.45) is 5.73 Å². The van der Waals surface area contributed by atoms with Crippen molar-refractivity contribution >= 4 is 11.8 Å². The van der Waals surface area contributed by atoms with Crippen molar-refractivity contribution in [1.82, 2.24) is 4.90 Å². The molecule has 0 saturated heterocycles. The number of benzene rings is 1. The highest BCUT2D eigenvalue weighted by Crippen LogP contribution is 2.32. The van der Waals surface area contributed by atoms with Gasteiger partial charge in [-0.3, -0.25) is 4.90 Å². The number of hydrogen-bond donors (Lipinski definition) is 1. The van der Waals surface area contributed by atoms with E-state index in [9.17, 15) is 0 Å². The quantitative estimate of drug-likeness (QED) is 0.760. The van der Waals surface area contributed by atoms with Crippen molar-refractivity contribution in [2.45, 2.75) is 25.4 Å². The number of nitrogens with two attached hydrogens (primary N) is 1. The second kappa shape index (κ2) is 9.18. The van der Waals surface area contributed by atoms with E-state index in [1.54, 1.807) is 14.2 Å². The zero-order valence-electron chi connectivity index (χ0n) is 13.8. The van der Waals surface area contributed by atoms with E-state index >= 15 is 0 Å². The van der Waals surface area contributed by atoms with E-state index in [4.69, 9.17) is 15.2 Å². The predicted molar refractivity (Wildman–Crippen MR) is 91.6 cm³/mol. The molecule has 2 N–H and O–H groups in total. The maximum atomic E-state index is 6.03. The fourth-order valence-electron chi connectivity index (χ4n) is 2.41. The monoisotopic (exact) mass is 312 g/mol. The van der Waals surface area contributed by atoms with Crippen LogP contribution >= 0.6 is 11.8 Å². The maximum absolute atomic E-state index is 6.03. The minimum Gasteiger partial charge on any atom is -0.497 e. The molecule has 0 bridgehead atoms. The van der Waals surface area contributed by atoms with E-state index in [2.05, 4.69) is 25.1 Å². The molecule has 21 heavy (non-hydrogen) atoms. The van der Waals surface area contributed by atoms with E-state index in [0.29, 0.717) is 12.6 Å². The van der Waals surface area contributed by atoms with E-state index in [0.717, 1.165) is 29.2 Å². The van der Waals surface area contributed by atoms with Gasteiger partial charge in [0.1, 0.15) is 11.5 Å². The highest BCUT2D eigenvalue weighted by Gasteiger charge is 2.23. The van der Waals surface area contributed by atoms with Crippen LogP contribution in [0.25, 0.3) is 0 Å². The van der Waals surface area contributed by atoms with Crippen LogP contribution in [0.4, 0.5) is 0 Å². The molecule has 0 radical (unpaired) electrons. The Morgan fingerprint density at radius 3 is 2.52 bits per heavy atom. The summed E-state index contributed by atoms with van der Waals surface area (Å²) < 4.78 is 10.8. The fourth-order valence-corrected chi connectivity index (χ4v) is 2.98. The summed E-state index contributed by atoms with van der Waals surface area (Å²) in [7, 11) is 5.47. The molecule has 1 rings (SSSR count). The zero-order chi connectivity index (χ0) is 15.8. The molecule has 1 aromatic rings. The Kier molecular flexibility index (Phi) is 7.93. The summed E-state index contributed by atoms with van der Waals surface area (Å²) in [6, 6.07) is 6.53. The van der Waals surface area contributed by atoms with Crippen LogP contribution in [0.3, 0.4) is 0 Å². The molecule has 0 aliphatic rings. The molecule has 2 unspecified atom stereocenters.